The third-order valence-electron chi connectivity index (χ3n) is 3.48. The second-order valence-corrected chi connectivity index (χ2v) is 6.33. The van der Waals surface area contributed by atoms with Gasteiger partial charge < -0.3 is 10.2 Å². The van der Waals surface area contributed by atoms with Gasteiger partial charge in [0, 0.05) is 18.6 Å². The molecule has 0 aliphatic rings. The molecule has 1 rings (SSSR count). The van der Waals surface area contributed by atoms with Crippen LogP contribution in [0.1, 0.15) is 44.4 Å². The molecule has 1 aromatic carbocycles. The molecule has 2 nitrogen and oxygen atoms in total. The summed E-state index contributed by atoms with van der Waals surface area (Å²) in [5, 5.41) is 3.80. The summed E-state index contributed by atoms with van der Waals surface area (Å²) in [6.45, 7) is 10.1. The molecule has 0 aromatic heterocycles. The monoisotopic (exact) mass is 262 g/mol. The highest BCUT2D eigenvalue weighted by molar-refractivity contribution is 5.28. The summed E-state index contributed by atoms with van der Waals surface area (Å²) < 4.78 is 0. The molecule has 0 heterocycles. The molecule has 19 heavy (non-hydrogen) atoms. The van der Waals surface area contributed by atoms with Crippen LogP contribution in [0.3, 0.4) is 0 Å². The van der Waals surface area contributed by atoms with E-state index in [4.69, 9.17) is 0 Å². The molecular weight excluding hydrogens is 232 g/mol. The van der Waals surface area contributed by atoms with E-state index >= 15 is 0 Å². The Morgan fingerprint density at radius 2 is 1.74 bits per heavy atom. The molecule has 0 aliphatic heterocycles. The number of rotatable bonds is 7. The van der Waals surface area contributed by atoms with Gasteiger partial charge in [-0.25, -0.2) is 0 Å². The predicted octanol–water partition coefficient (Wildman–Crippen LogP) is 3.62. The van der Waals surface area contributed by atoms with Gasteiger partial charge in [-0.2, -0.15) is 0 Å². The molecule has 0 aliphatic carbocycles. The Kier molecular flexibility index (Phi) is 6.53. The number of nitrogens with one attached hydrogen (secondary N) is 1. The second kappa shape index (κ2) is 7.66. The van der Waals surface area contributed by atoms with Crippen LogP contribution in [-0.4, -0.2) is 31.6 Å². The topological polar surface area (TPSA) is 15.3 Å². The average molecular weight is 262 g/mol. The Morgan fingerprint density at radius 3 is 2.26 bits per heavy atom. The molecule has 2 atom stereocenters. The zero-order chi connectivity index (χ0) is 14.4. The molecule has 2 heteroatoms. The summed E-state index contributed by atoms with van der Waals surface area (Å²) >= 11 is 0. The molecule has 0 saturated heterocycles. The van der Waals surface area contributed by atoms with Gasteiger partial charge in [-0.3, -0.25) is 0 Å². The van der Waals surface area contributed by atoms with E-state index in [1.165, 1.54) is 17.5 Å². The molecule has 1 N–H and O–H groups in total. The first kappa shape index (κ1) is 16.2. The van der Waals surface area contributed by atoms with Gasteiger partial charge >= 0.3 is 0 Å². The lowest BCUT2D eigenvalue weighted by Crippen LogP contribution is -2.40. The van der Waals surface area contributed by atoms with E-state index in [-0.39, 0.29) is 0 Å². The highest BCUT2D eigenvalue weighted by Crippen LogP contribution is 2.18. The Balaban J connectivity index is 2.70. The SMILES string of the molecule is Cc1ccccc1C(C)NC(CC(C)C)CN(C)C. The fourth-order valence-corrected chi connectivity index (χ4v) is 2.72. The lowest BCUT2D eigenvalue weighted by atomic mass is 9.99. The van der Waals surface area contributed by atoms with Crippen LogP contribution in [0, 0.1) is 12.8 Å². The maximum Gasteiger partial charge on any atom is 0.0297 e. The first-order chi connectivity index (χ1) is 8.90. The van der Waals surface area contributed by atoms with Gasteiger partial charge in [0.05, 0.1) is 0 Å². The van der Waals surface area contributed by atoms with Crippen molar-refractivity contribution in [1.29, 1.82) is 0 Å². The fraction of sp³-hybridized carbons (Fsp3) is 0.647. The summed E-state index contributed by atoms with van der Waals surface area (Å²) in [4.78, 5) is 2.27. The smallest absolute Gasteiger partial charge is 0.0297 e. The van der Waals surface area contributed by atoms with Crippen LogP contribution in [0.5, 0.6) is 0 Å². The first-order valence-electron chi connectivity index (χ1n) is 7.36. The first-order valence-corrected chi connectivity index (χ1v) is 7.36. The molecule has 0 amide bonds. The van der Waals surface area contributed by atoms with Crippen LogP contribution in [0.4, 0.5) is 0 Å². The van der Waals surface area contributed by atoms with Crippen molar-refractivity contribution in [1.82, 2.24) is 10.2 Å². The van der Waals surface area contributed by atoms with Gasteiger partial charge in [-0.15, -0.1) is 0 Å². The van der Waals surface area contributed by atoms with Crippen molar-refractivity contribution >= 4 is 0 Å². The van der Waals surface area contributed by atoms with Gasteiger partial charge in [0.1, 0.15) is 0 Å². The lowest BCUT2D eigenvalue weighted by Gasteiger charge is -2.28. The number of nitrogens with zero attached hydrogens (tertiary/aromatic N) is 1. The minimum Gasteiger partial charge on any atom is -0.308 e. The number of hydrogen-bond donors (Lipinski definition) is 1. The van der Waals surface area contributed by atoms with Crippen molar-refractivity contribution in [2.75, 3.05) is 20.6 Å². The molecular formula is C17H30N2. The van der Waals surface area contributed by atoms with Gasteiger partial charge in [0.25, 0.3) is 0 Å². The van der Waals surface area contributed by atoms with E-state index in [9.17, 15) is 0 Å². The van der Waals surface area contributed by atoms with Gasteiger partial charge in [-0.05, 0) is 51.4 Å². The van der Waals surface area contributed by atoms with Gasteiger partial charge in [0.2, 0.25) is 0 Å². The van der Waals surface area contributed by atoms with Crippen molar-refractivity contribution in [3.63, 3.8) is 0 Å². The molecule has 1 aromatic rings. The number of benzene rings is 1. The van der Waals surface area contributed by atoms with E-state index in [2.05, 4.69) is 76.3 Å². The Morgan fingerprint density at radius 1 is 1.11 bits per heavy atom. The summed E-state index contributed by atoms with van der Waals surface area (Å²) in [5.41, 5.74) is 2.78. The van der Waals surface area contributed by atoms with E-state index < -0.39 is 0 Å². The lowest BCUT2D eigenvalue weighted by molar-refractivity contribution is 0.290. The largest absolute Gasteiger partial charge is 0.308 e. The van der Waals surface area contributed by atoms with E-state index in [1.807, 2.05) is 0 Å². The zero-order valence-electron chi connectivity index (χ0n) is 13.4. The summed E-state index contributed by atoms with van der Waals surface area (Å²) in [6.07, 6.45) is 1.22. The van der Waals surface area contributed by atoms with Gasteiger partial charge in [0.15, 0.2) is 0 Å². The third-order valence-corrected chi connectivity index (χ3v) is 3.48. The van der Waals surface area contributed by atoms with E-state index in [1.54, 1.807) is 0 Å². The Hall–Kier alpha value is -0.860. The maximum absolute atomic E-state index is 3.80. The molecule has 0 bridgehead atoms. The minimum atomic E-state index is 0.407. The van der Waals surface area contributed by atoms with Crippen molar-refractivity contribution < 1.29 is 0 Å². The summed E-state index contributed by atoms with van der Waals surface area (Å²) in [6, 6.07) is 9.61. The van der Waals surface area contributed by atoms with Crippen LogP contribution in [0.2, 0.25) is 0 Å². The summed E-state index contributed by atoms with van der Waals surface area (Å²) in [5.74, 6) is 0.724. The number of likely N-dealkylation sites (N-methyl/N-ethyl adjacent to an activating group) is 1. The van der Waals surface area contributed by atoms with Crippen molar-refractivity contribution in [3.05, 3.63) is 35.4 Å². The number of hydrogen-bond acceptors (Lipinski definition) is 2. The molecule has 108 valence electrons. The average Bonchev–Trinajstić information content (AvgIpc) is 2.27. The number of aryl methyl sites for hydroxylation is 1. The van der Waals surface area contributed by atoms with Gasteiger partial charge in [-0.1, -0.05) is 38.1 Å². The van der Waals surface area contributed by atoms with Crippen LogP contribution in [0.15, 0.2) is 24.3 Å². The standard InChI is InChI=1S/C17H30N2/c1-13(2)11-16(12-19(5)6)18-15(4)17-10-8-7-9-14(17)3/h7-10,13,15-16,18H,11-12H2,1-6H3. The van der Waals surface area contributed by atoms with Crippen LogP contribution < -0.4 is 5.32 Å². The third kappa shape index (κ3) is 5.75. The quantitative estimate of drug-likeness (QED) is 0.807. The second-order valence-electron chi connectivity index (χ2n) is 6.33. The Labute approximate surface area is 119 Å². The molecule has 0 fully saturated rings. The predicted molar refractivity (Wildman–Crippen MR) is 84.5 cm³/mol. The summed E-state index contributed by atoms with van der Waals surface area (Å²) in [7, 11) is 4.29. The van der Waals surface area contributed by atoms with E-state index in [0.29, 0.717) is 12.1 Å². The van der Waals surface area contributed by atoms with E-state index in [0.717, 1.165) is 12.5 Å². The fourth-order valence-electron chi connectivity index (χ4n) is 2.72. The van der Waals surface area contributed by atoms with Crippen molar-refractivity contribution in [3.8, 4) is 0 Å². The molecule has 0 spiro atoms. The van der Waals surface area contributed by atoms with Crippen LogP contribution >= 0.6 is 0 Å². The molecule has 0 saturated carbocycles. The minimum absolute atomic E-state index is 0.407. The van der Waals surface area contributed by atoms with Crippen molar-refractivity contribution in [2.24, 2.45) is 5.92 Å². The highest BCUT2D eigenvalue weighted by Gasteiger charge is 2.16. The maximum atomic E-state index is 3.80. The molecule has 0 radical (unpaired) electrons. The Bertz CT molecular complexity index is 361. The van der Waals surface area contributed by atoms with Crippen molar-refractivity contribution in [2.45, 2.75) is 46.2 Å². The normalized spacial score (nSPS) is 14.9. The highest BCUT2D eigenvalue weighted by atomic mass is 15.1. The molecule has 2 unspecified atom stereocenters. The van der Waals surface area contributed by atoms with Crippen LogP contribution in [0.25, 0.3) is 0 Å². The zero-order valence-corrected chi connectivity index (χ0v) is 13.4. The van der Waals surface area contributed by atoms with Crippen LogP contribution in [-0.2, 0) is 0 Å².